The van der Waals surface area contributed by atoms with Crippen LogP contribution in [0.25, 0.3) is 0 Å². The van der Waals surface area contributed by atoms with Crippen molar-refractivity contribution in [1.29, 1.82) is 0 Å². The molecule has 2 atom stereocenters. The molecule has 0 aromatic heterocycles. The molecule has 0 bridgehead atoms. The third-order valence-electron chi connectivity index (χ3n) is 3.88. The molecular weight excluding hydrogens is 226 g/mol. The largest absolute Gasteiger partial charge is 0.508 e. The van der Waals surface area contributed by atoms with E-state index >= 15 is 0 Å². The Hall–Kier alpha value is -1.22. The first-order valence-corrected chi connectivity index (χ1v) is 6.37. The first-order chi connectivity index (χ1) is 8.12. The molecule has 1 aromatic carbocycles. The average molecular weight is 251 g/mol. The van der Waals surface area contributed by atoms with Crippen LogP contribution in [0.3, 0.4) is 0 Å². The van der Waals surface area contributed by atoms with E-state index < -0.39 is 0 Å². The Kier molecular flexibility index (Phi) is 4.28. The Balaban J connectivity index is 2.96. The van der Waals surface area contributed by atoms with Crippen LogP contribution in [0.15, 0.2) is 18.2 Å². The zero-order valence-electron chi connectivity index (χ0n) is 12.2. The van der Waals surface area contributed by atoms with Crippen LogP contribution in [-0.4, -0.2) is 28.2 Å². The maximum absolute atomic E-state index is 9.54. The van der Waals surface area contributed by atoms with Crippen LogP contribution in [0.5, 0.6) is 11.5 Å². The quantitative estimate of drug-likeness (QED) is 0.863. The van der Waals surface area contributed by atoms with Crippen molar-refractivity contribution in [2.45, 2.75) is 46.7 Å². The van der Waals surface area contributed by atoms with Gasteiger partial charge in [-0.25, -0.2) is 0 Å². The first-order valence-electron chi connectivity index (χ1n) is 6.37. The highest BCUT2D eigenvalue weighted by molar-refractivity contribution is 5.38. The lowest BCUT2D eigenvalue weighted by atomic mass is 9.86. The van der Waals surface area contributed by atoms with Crippen molar-refractivity contribution >= 4 is 0 Å². The van der Waals surface area contributed by atoms with Crippen molar-refractivity contribution in [1.82, 2.24) is 4.90 Å². The van der Waals surface area contributed by atoms with E-state index in [0.29, 0.717) is 6.04 Å². The molecule has 0 amide bonds. The maximum atomic E-state index is 9.54. The molecule has 0 saturated carbocycles. The van der Waals surface area contributed by atoms with Gasteiger partial charge in [0, 0.05) is 18.2 Å². The molecule has 0 aliphatic heterocycles. The summed E-state index contributed by atoms with van der Waals surface area (Å²) in [5.41, 5.74) is 1.10. The second-order valence-electron chi connectivity index (χ2n) is 6.17. The number of benzene rings is 1. The Bertz CT molecular complexity index is 389. The molecule has 0 heterocycles. The fourth-order valence-corrected chi connectivity index (χ4v) is 2.04. The van der Waals surface area contributed by atoms with Gasteiger partial charge < -0.3 is 10.2 Å². The molecule has 0 spiro atoms. The van der Waals surface area contributed by atoms with E-state index in [1.165, 1.54) is 6.07 Å². The van der Waals surface area contributed by atoms with Gasteiger partial charge >= 0.3 is 0 Å². The Morgan fingerprint density at radius 2 is 1.44 bits per heavy atom. The molecular formula is C15H25NO2. The van der Waals surface area contributed by atoms with Gasteiger partial charge in [0.2, 0.25) is 0 Å². The summed E-state index contributed by atoms with van der Waals surface area (Å²) in [4.78, 5) is 2.26. The Morgan fingerprint density at radius 3 is 1.83 bits per heavy atom. The summed E-state index contributed by atoms with van der Waals surface area (Å²) in [5.74, 6) is 0.210. The highest BCUT2D eigenvalue weighted by Crippen LogP contribution is 2.32. The molecule has 1 aromatic rings. The van der Waals surface area contributed by atoms with E-state index in [0.717, 1.165) is 5.56 Å². The van der Waals surface area contributed by atoms with Crippen molar-refractivity contribution in [3.8, 4) is 11.5 Å². The van der Waals surface area contributed by atoms with Crippen molar-refractivity contribution in [3.63, 3.8) is 0 Å². The summed E-state index contributed by atoms with van der Waals surface area (Å²) in [6, 6.07) is 5.28. The molecule has 102 valence electrons. The SMILES string of the molecule is CC(c1cc(O)cc(O)c1)N(C)C(C)C(C)(C)C. The number of hydrogen-bond acceptors (Lipinski definition) is 3. The van der Waals surface area contributed by atoms with Crippen LogP contribution < -0.4 is 0 Å². The summed E-state index contributed by atoms with van der Waals surface area (Å²) in [6.07, 6.45) is 0. The first kappa shape index (κ1) is 14.8. The molecule has 3 heteroatoms. The van der Waals surface area contributed by atoms with Gasteiger partial charge in [0.05, 0.1) is 0 Å². The highest BCUT2D eigenvalue weighted by Gasteiger charge is 2.27. The molecule has 0 aliphatic rings. The molecule has 2 N–H and O–H groups in total. The molecule has 0 saturated heterocycles. The van der Waals surface area contributed by atoms with Crippen molar-refractivity contribution in [2.24, 2.45) is 5.41 Å². The highest BCUT2D eigenvalue weighted by atomic mass is 16.3. The van der Waals surface area contributed by atoms with E-state index in [4.69, 9.17) is 0 Å². The normalized spacial score (nSPS) is 15.7. The smallest absolute Gasteiger partial charge is 0.119 e. The van der Waals surface area contributed by atoms with Gasteiger partial charge in [-0.1, -0.05) is 20.8 Å². The van der Waals surface area contributed by atoms with Gasteiger partial charge in [0.25, 0.3) is 0 Å². The lowest BCUT2D eigenvalue weighted by molar-refractivity contribution is 0.104. The molecule has 1 rings (SSSR count). The van der Waals surface area contributed by atoms with Crippen molar-refractivity contribution in [3.05, 3.63) is 23.8 Å². The van der Waals surface area contributed by atoms with Gasteiger partial charge in [-0.3, -0.25) is 4.90 Å². The van der Waals surface area contributed by atoms with E-state index in [-0.39, 0.29) is 23.0 Å². The number of hydrogen-bond donors (Lipinski definition) is 2. The third-order valence-corrected chi connectivity index (χ3v) is 3.88. The number of rotatable bonds is 3. The van der Waals surface area contributed by atoms with Crippen molar-refractivity contribution < 1.29 is 10.2 Å². The van der Waals surface area contributed by atoms with E-state index in [1.807, 2.05) is 0 Å². The van der Waals surface area contributed by atoms with Crippen LogP contribution in [0.2, 0.25) is 0 Å². The second kappa shape index (κ2) is 5.19. The lowest BCUT2D eigenvalue weighted by Crippen LogP contribution is -2.40. The lowest BCUT2D eigenvalue weighted by Gasteiger charge is -2.39. The minimum Gasteiger partial charge on any atom is -0.508 e. The zero-order valence-corrected chi connectivity index (χ0v) is 12.2. The van der Waals surface area contributed by atoms with Crippen LogP contribution in [0.4, 0.5) is 0 Å². The summed E-state index contributed by atoms with van der Waals surface area (Å²) in [7, 11) is 2.07. The van der Waals surface area contributed by atoms with Gasteiger partial charge in [-0.05, 0) is 44.0 Å². The number of phenolic OH excluding ortho intramolecular Hbond substituents is 2. The van der Waals surface area contributed by atoms with Gasteiger partial charge in [-0.15, -0.1) is 0 Å². The molecule has 0 radical (unpaired) electrons. The van der Waals surface area contributed by atoms with Crippen LogP contribution in [-0.2, 0) is 0 Å². The predicted octanol–water partition coefficient (Wildman–Crippen LogP) is 3.53. The number of nitrogens with zero attached hydrogens (tertiary/aromatic N) is 1. The molecule has 18 heavy (non-hydrogen) atoms. The minimum absolute atomic E-state index is 0.105. The topological polar surface area (TPSA) is 43.7 Å². The summed E-state index contributed by atoms with van der Waals surface area (Å²) in [6.45, 7) is 10.9. The minimum atomic E-state index is 0.105. The van der Waals surface area contributed by atoms with Crippen LogP contribution in [0.1, 0.15) is 46.2 Å². The Labute approximate surface area is 110 Å². The molecule has 0 aliphatic carbocycles. The van der Waals surface area contributed by atoms with Crippen LogP contribution >= 0.6 is 0 Å². The van der Waals surface area contributed by atoms with Crippen molar-refractivity contribution in [2.75, 3.05) is 7.05 Å². The average Bonchev–Trinajstić information content (AvgIpc) is 2.23. The van der Waals surface area contributed by atoms with Gasteiger partial charge in [0.15, 0.2) is 0 Å². The molecule has 0 fully saturated rings. The van der Waals surface area contributed by atoms with Crippen LogP contribution in [0, 0.1) is 5.41 Å². The van der Waals surface area contributed by atoms with E-state index in [2.05, 4.69) is 46.6 Å². The summed E-state index contributed by atoms with van der Waals surface area (Å²) >= 11 is 0. The molecule has 3 nitrogen and oxygen atoms in total. The zero-order chi connectivity index (χ0) is 14.1. The third kappa shape index (κ3) is 3.39. The predicted molar refractivity (Wildman–Crippen MR) is 74.9 cm³/mol. The van der Waals surface area contributed by atoms with Gasteiger partial charge in [0.1, 0.15) is 11.5 Å². The fraction of sp³-hybridized carbons (Fsp3) is 0.600. The molecule has 2 unspecified atom stereocenters. The monoisotopic (exact) mass is 251 g/mol. The van der Waals surface area contributed by atoms with E-state index in [1.54, 1.807) is 12.1 Å². The second-order valence-corrected chi connectivity index (χ2v) is 6.17. The standard InChI is InChI=1S/C15H25NO2/c1-10(16(6)11(2)15(3,4)5)12-7-13(17)9-14(18)8-12/h7-11,17-18H,1-6H3. The summed E-state index contributed by atoms with van der Waals surface area (Å²) < 4.78 is 0. The Morgan fingerprint density at radius 1 is 1.00 bits per heavy atom. The van der Waals surface area contributed by atoms with E-state index in [9.17, 15) is 10.2 Å². The number of aromatic hydroxyl groups is 2. The summed E-state index contributed by atoms with van der Waals surface area (Å²) in [5, 5.41) is 19.1. The fourth-order valence-electron chi connectivity index (χ4n) is 2.04. The number of phenols is 2. The maximum Gasteiger partial charge on any atom is 0.119 e. The van der Waals surface area contributed by atoms with Gasteiger partial charge in [-0.2, -0.15) is 0 Å².